The maximum absolute atomic E-state index is 11.9. The van der Waals surface area contributed by atoms with Crippen molar-refractivity contribution in [1.82, 2.24) is 10.3 Å². The van der Waals surface area contributed by atoms with Crippen LogP contribution in [0.25, 0.3) is 0 Å². The van der Waals surface area contributed by atoms with Crippen molar-refractivity contribution in [2.24, 2.45) is 5.92 Å². The minimum absolute atomic E-state index is 0.175. The topological polar surface area (TPSA) is 68.0 Å². The number of carbonyl (C=O) groups is 1. The van der Waals surface area contributed by atoms with E-state index in [0.717, 1.165) is 12.3 Å². The average Bonchev–Trinajstić information content (AvgIpc) is 2.90. The summed E-state index contributed by atoms with van der Waals surface area (Å²) in [5, 5.41) is 3.22. The molecule has 0 radical (unpaired) electrons. The second-order valence-corrected chi connectivity index (χ2v) is 5.54. The Kier molecular flexibility index (Phi) is 5.02. The molecule has 3 N–H and O–H groups in total. The van der Waals surface area contributed by atoms with Crippen molar-refractivity contribution in [2.45, 2.75) is 38.5 Å². The smallest absolute Gasteiger partial charge is 0.252 e. The van der Waals surface area contributed by atoms with Crippen LogP contribution in [0.2, 0.25) is 5.02 Å². The van der Waals surface area contributed by atoms with Crippen LogP contribution in [0, 0.1) is 5.92 Å². The van der Waals surface area contributed by atoms with Gasteiger partial charge in [0.25, 0.3) is 5.91 Å². The first-order chi connectivity index (χ1) is 9.16. The quantitative estimate of drug-likeness (QED) is 0.815. The molecular weight excluding hydrogens is 262 g/mol. The number of nitrogens with two attached hydrogens (primary N) is 1. The highest BCUT2D eigenvalue weighted by atomic mass is 35.5. The van der Waals surface area contributed by atoms with Crippen molar-refractivity contribution in [3.05, 3.63) is 22.8 Å². The minimum Gasteiger partial charge on any atom is -0.384 e. The summed E-state index contributed by atoms with van der Waals surface area (Å²) in [6.45, 7) is 0.688. The summed E-state index contributed by atoms with van der Waals surface area (Å²) in [6.07, 6.45) is 9.05. The van der Waals surface area contributed by atoms with Gasteiger partial charge in [-0.15, -0.1) is 0 Å². The van der Waals surface area contributed by atoms with Gasteiger partial charge < -0.3 is 11.1 Å². The molecule has 0 atom stereocenters. The summed E-state index contributed by atoms with van der Waals surface area (Å²) < 4.78 is 0. The molecule has 1 aromatic heterocycles. The van der Waals surface area contributed by atoms with Crippen molar-refractivity contribution >= 4 is 23.3 Å². The van der Waals surface area contributed by atoms with Gasteiger partial charge in [-0.2, -0.15) is 0 Å². The summed E-state index contributed by atoms with van der Waals surface area (Å²) in [6, 6.07) is 1.51. The van der Waals surface area contributed by atoms with Crippen LogP contribution in [0.3, 0.4) is 0 Å². The Morgan fingerprint density at radius 3 is 2.95 bits per heavy atom. The number of anilines is 1. The summed E-state index contributed by atoms with van der Waals surface area (Å²) in [5.74, 6) is 0.989. The Labute approximate surface area is 118 Å². The second-order valence-electron chi connectivity index (χ2n) is 5.14. The van der Waals surface area contributed by atoms with E-state index in [-0.39, 0.29) is 5.91 Å². The molecule has 1 saturated carbocycles. The second kappa shape index (κ2) is 6.75. The van der Waals surface area contributed by atoms with Crippen molar-refractivity contribution < 1.29 is 4.79 Å². The number of amides is 1. The Hall–Kier alpha value is -1.29. The highest BCUT2D eigenvalue weighted by Crippen LogP contribution is 2.28. The summed E-state index contributed by atoms with van der Waals surface area (Å²) >= 11 is 5.93. The zero-order valence-corrected chi connectivity index (χ0v) is 11.7. The molecule has 1 aromatic rings. The van der Waals surface area contributed by atoms with E-state index < -0.39 is 0 Å². The van der Waals surface area contributed by atoms with E-state index >= 15 is 0 Å². The van der Waals surface area contributed by atoms with Crippen LogP contribution in [0.15, 0.2) is 12.3 Å². The molecule has 0 aromatic carbocycles. The van der Waals surface area contributed by atoms with Crippen molar-refractivity contribution in [2.75, 3.05) is 12.3 Å². The van der Waals surface area contributed by atoms with Crippen molar-refractivity contribution in [3.8, 4) is 0 Å². The number of hydrogen-bond donors (Lipinski definition) is 2. The molecule has 1 amide bonds. The highest BCUT2D eigenvalue weighted by molar-refractivity contribution is 6.33. The van der Waals surface area contributed by atoms with E-state index in [0.29, 0.717) is 22.9 Å². The third kappa shape index (κ3) is 4.10. The maximum atomic E-state index is 11.9. The molecule has 1 fully saturated rings. The monoisotopic (exact) mass is 281 g/mol. The molecule has 19 heavy (non-hydrogen) atoms. The molecule has 0 saturated heterocycles. The Morgan fingerprint density at radius 1 is 1.47 bits per heavy atom. The minimum atomic E-state index is -0.175. The predicted octanol–water partition coefficient (Wildman–Crippen LogP) is 3.02. The molecule has 104 valence electrons. The zero-order chi connectivity index (χ0) is 13.7. The first kappa shape index (κ1) is 14.1. The normalized spacial score (nSPS) is 15.6. The van der Waals surface area contributed by atoms with Crippen molar-refractivity contribution in [1.29, 1.82) is 0 Å². The number of aromatic nitrogens is 1. The van der Waals surface area contributed by atoms with Crippen LogP contribution in [-0.2, 0) is 0 Å². The summed E-state index contributed by atoms with van der Waals surface area (Å²) in [4.78, 5) is 15.8. The highest BCUT2D eigenvalue weighted by Gasteiger charge is 2.15. The van der Waals surface area contributed by atoms with Crippen LogP contribution >= 0.6 is 11.6 Å². The van der Waals surface area contributed by atoms with E-state index in [1.165, 1.54) is 44.4 Å². The largest absolute Gasteiger partial charge is 0.384 e. The standard InChI is InChI=1S/C14H20ClN3O/c15-12-9-18-13(16)8-11(12)14(19)17-7-3-6-10-4-1-2-5-10/h8-10H,1-7H2,(H2,16,18)(H,17,19). The number of carbonyl (C=O) groups excluding carboxylic acids is 1. The van der Waals surface area contributed by atoms with E-state index in [9.17, 15) is 4.79 Å². The fraction of sp³-hybridized carbons (Fsp3) is 0.571. The lowest BCUT2D eigenvalue weighted by Crippen LogP contribution is -2.25. The Bertz CT molecular complexity index is 444. The van der Waals surface area contributed by atoms with E-state index in [1.807, 2.05) is 0 Å². The van der Waals surface area contributed by atoms with Gasteiger partial charge in [-0.25, -0.2) is 4.98 Å². The number of rotatable bonds is 5. The third-order valence-corrected chi connectivity index (χ3v) is 3.97. The molecular formula is C14H20ClN3O. The Morgan fingerprint density at radius 2 is 2.21 bits per heavy atom. The van der Waals surface area contributed by atoms with Gasteiger partial charge in [-0.1, -0.05) is 37.3 Å². The summed E-state index contributed by atoms with van der Waals surface area (Å²) in [7, 11) is 0. The van der Waals surface area contributed by atoms with E-state index in [4.69, 9.17) is 17.3 Å². The van der Waals surface area contributed by atoms with E-state index in [1.54, 1.807) is 0 Å². The number of halogens is 1. The molecule has 2 rings (SSSR count). The van der Waals surface area contributed by atoms with Gasteiger partial charge in [0.1, 0.15) is 5.82 Å². The van der Waals surface area contributed by atoms with Crippen LogP contribution in [0.5, 0.6) is 0 Å². The van der Waals surface area contributed by atoms with Gasteiger partial charge in [-0.3, -0.25) is 4.79 Å². The van der Waals surface area contributed by atoms with E-state index in [2.05, 4.69) is 10.3 Å². The van der Waals surface area contributed by atoms with Crippen molar-refractivity contribution in [3.63, 3.8) is 0 Å². The van der Waals surface area contributed by atoms with Gasteiger partial charge in [0.05, 0.1) is 10.6 Å². The fourth-order valence-corrected chi connectivity index (χ4v) is 2.80. The molecule has 1 aliphatic carbocycles. The number of nitrogens with one attached hydrogen (secondary N) is 1. The van der Waals surface area contributed by atoms with Gasteiger partial charge in [-0.05, 0) is 24.8 Å². The molecule has 1 heterocycles. The SMILES string of the molecule is Nc1cc(C(=O)NCCCC2CCCC2)c(Cl)cn1. The predicted molar refractivity (Wildman–Crippen MR) is 77.2 cm³/mol. The lowest BCUT2D eigenvalue weighted by Gasteiger charge is -2.10. The number of hydrogen-bond acceptors (Lipinski definition) is 3. The third-order valence-electron chi connectivity index (χ3n) is 3.67. The number of nitrogens with zero attached hydrogens (tertiary/aromatic N) is 1. The van der Waals surface area contributed by atoms with Gasteiger partial charge >= 0.3 is 0 Å². The molecule has 1 aliphatic rings. The zero-order valence-electron chi connectivity index (χ0n) is 11.0. The van der Waals surface area contributed by atoms with Crippen LogP contribution < -0.4 is 11.1 Å². The molecule has 0 spiro atoms. The molecule has 4 nitrogen and oxygen atoms in total. The van der Waals surface area contributed by atoms with Crippen LogP contribution in [0.4, 0.5) is 5.82 Å². The first-order valence-electron chi connectivity index (χ1n) is 6.86. The van der Waals surface area contributed by atoms with Crippen LogP contribution in [0.1, 0.15) is 48.9 Å². The molecule has 0 bridgehead atoms. The van der Waals surface area contributed by atoms with Crippen LogP contribution in [-0.4, -0.2) is 17.4 Å². The first-order valence-corrected chi connectivity index (χ1v) is 7.24. The molecule has 0 unspecified atom stereocenters. The number of nitrogen functional groups attached to an aromatic ring is 1. The maximum Gasteiger partial charge on any atom is 0.252 e. The van der Waals surface area contributed by atoms with Gasteiger partial charge in [0.15, 0.2) is 0 Å². The lowest BCUT2D eigenvalue weighted by atomic mass is 10.0. The molecule has 5 heteroatoms. The van der Waals surface area contributed by atoms with Gasteiger partial charge in [0.2, 0.25) is 0 Å². The lowest BCUT2D eigenvalue weighted by molar-refractivity contribution is 0.0952. The molecule has 0 aliphatic heterocycles. The average molecular weight is 282 g/mol. The fourth-order valence-electron chi connectivity index (χ4n) is 2.62. The number of pyridine rings is 1. The summed E-state index contributed by atoms with van der Waals surface area (Å²) in [5.41, 5.74) is 5.95. The Balaban J connectivity index is 1.75. The van der Waals surface area contributed by atoms with Gasteiger partial charge in [0, 0.05) is 12.7 Å².